The lowest BCUT2D eigenvalue weighted by molar-refractivity contribution is -0.124. The van der Waals surface area contributed by atoms with Gasteiger partial charge in [0.1, 0.15) is 5.82 Å². The molecule has 0 bridgehead atoms. The fourth-order valence-electron chi connectivity index (χ4n) is 3.47. The van der Waals surface area contributed by atoms with E-state index in [0.717, 1.165) is 0 Å². The van der Waals surface area contributed by atoms with E-state index in [1.807, 2.05) is 11.9 Å². The van der Waals surface area contributed by atoms with Gasteiger partial charge < -0.3 is 5.32 Å². The Morgan fingerprint density at radius 2 is 2.21 bits per heavy atom. The first kappa shape index (κ1) is 17.5. The van der Waals surface area contributed by atoms with Crippen molar-refractivity contribution in [2.75, 3.05) is 20.1 Å². The van der Waals surface area contributed by atoms with Gasteiger partial charge in [0.05, 0.1) is 23.7 Å². The standard InChI is InChI=1S/C16H19ClF3N3O/c1-23-5-4-12(14(23)9-2-3-10(17)11(18)6-9)22-15(24)13-7-16(19,20)8-21-13/h2-3,6,12-14,21H,4-5,7-8H2,1H3,(H,22,24). The molecule has 3 rings (SSSR count). The van der Waals surface area contributed by atoms with Crippen molar-refractivity contribution < 1.29 is 18.0 Å². The molecule has 24 heavy (non-hydrogen) atoms. The van der Waals surface area contributed by atoms with Crippen molar-refractivity contribution in [1.29, 1.82) is 0 Å². The first-order chi connectivity index (χ1) is 11.3. The SMILES string of the molecule is CN1CCC(NC(=O)C2CC(F)(F)CN2)C1c1ccc(Cl)c(F)c1. The molecule has 0 saturated carbocycles. The number of rotatable bonds is 3. The summed E-state index contributed by atoms with van der Waals surface area (Å²) < 4.78 is 40.2. The van der Waals surface area contributed by atoms with E-state index in [0.29, 0.717) is 18.5 Å². The Balaban J connectivity index is 1.72. The van der Waals surface area contributed by atoms with Crippen LogP contribution in [-0.2, 0) is 4.79 Å². The molecule has 1 aromatic rings. The van der Waals surface area contributed by atoms with E-state index >= 15 is 0 Å². The lowest BCUT2D eigenvalue weighted by Gasteiger charge is -2.27. The predicted octanol–water partition coefficient (Wildman–Crippen LogP) is 2.34. The zero-order chi connectivity index (χ0) is 17.5. The summed E-state index contributed by atoms with van der Waals surface area (Å²) in [5.74, 6) is -3.81. The fourth-order valence-corrected chi connectivity index (χ4v) is 3.58. The highest BCUT2D eigenvalue weighted by molar-refractivity contribution is 6.30. The largest absolute Gasteiger partial charge is 0.350 e. The second kappa shape index (κ2) is 6.54. The summed E-state index contributed by atoms with van der Waals surface area (Å²) in [6.45, 7) is 0.232. The smallest absolute Gasteiger partial charge is 0.262 e. The molecule has 3 atom stereocenters. The van der Waals surface area contributed by atoms with Crippen molar-refractivity contribution in [3.63, 3.8) is 0 Å². The topological polar surface area (TPSA) is 44.4 Å². The summed E-state index contributed by atoms with van der Waals surface area (Å²) in [4.78, 5) is 14.3. The highest BCUT2D eigenvalue weighted by Crippen LogP contribution is 2.33. The lowest BCUT2D eigenvalue weighted by Crippen LogP contribution is -2.46. The fraction of sp³-hybridized carbons (Fsp3) is 0.562. The normalized spacial score (nSPS) is 29.8. The van der Waals surface area contributed by atoms with Crippen molar-refractivity contribution in [2.24, 2.45) is 0 Å². The Kier molecular flexibility index (Phi) is 4.77. The van der Waals surface area contributed by atoms with Crippen LogP contribution in [0.3, 0.4) is 0 Å². The number of likely N-dealkylation sites (N-methyl/N-ethyl adjacent to an activating group) is 1. The molecule has 8 heteroatoms. The van der Waals surface area contributed by atoms with Gasteiger partial charge in [-0.05, 0) is 31.2 Å². The molecule has 0 spiro atoms. The lowest BCUT2D eigenvalue weighted by atomic mass is 9.99. The van der Waals surface area contributed by atoms with E-state index in [4.69, 9.17) is 11.6 Å². The molecular weight excluding hydrogens is 343 g/mol. The maximum atomic E-state index is 13.7. The van der Waals surface area contributed by atoms with E-state index in [9.17, 15) is 18.0 Å². The van der Waals surface area contributed by atoms with E-state index in [-0.39, 0.29) is 17.1 Å². The molecule has 2 fully saturated rings. The van der Waals surface area contributed by atoms with Crippen LogP contribution in [0.5, 0.6) is 0 Å². The summed E-state index contributed by atoms with van der Waals surface area (Å²) in [5.41, 5.74) is 0.701. The third-order valence-corrected chi connectivity index (χ3v) is 4.99. The quantitative estimate of drug-likeness (QED) is 0.868. The average Bonchev–Trinajstić information content (AvgIpc) is 3.05. The van der Waals surface area contributed by atoms with Gasteiger partial charge in [0.15, 0.2) is 0 Å². The summed E-state index contributed by atoms with van der Waals surface area (Å²) in [7, 11) is 1.88. The Morgan fingerprint density at radius 1 is 1.46 bits per heavy atom. The van der Waals surface area contributed by atoms with Crippen molar-refractivity contribution in [1.82, 2.24) is 15.5 Å². The Morgan fingerprint density at radius 3 is 2.83 bits per heavy atom. The van der Waals surface area contributed by atoms with Crippen LogP contribution in [-0.4, -0.2) is 49.0 Å². The average molecular weight is 362 g/mol. The second-order valence-electron chi connectivity index (χ2n) is 6.50. The second-order valence-corrected chi connectivity index (χ2v) is 6.90. The Hall–Kier alpha value is -1.31. The van der Waals surface area contributed by atoms with Gasteiger partial charge in [-0.1, -0.05) is 17.7 Å². The van der Waals surface area contributed by atoms with E-state index in [1.54, 1.807) is 6.07 Å². The van der Waals surface area contributed by atoms with Crippen LogP contribution in [0, 0.1) is 5.82 Å². The van der Waals surface area contributed by atoms with E-state index < -0.39 is 36.7 Å². The number of benzene rings is 1. The first-order valence-electron chi connectivity index (χ1n) is 7.83. The molecule has 1 aromatic carbocycles. The van der Waals surface area contributed by atoms with Gasteiger partial charge in [-0.15, -0.1) is 0 Å². The molecular formula is C16H19ClF3N3O. The first-order valence-corrected chi connectivity index (χ1v) is 8.21. The van der Waals surface area contributed by atoms with Gasteiger partial charge in [0.2, 0.25) is 5.91 Å². The van der Waals surface area contributed by atoms with Crippen molar-refractivity contribution in [3.05, 3.63) is 34.6 Å². The number of carbonyl (C=O) groups excluding carboxylic acids is 1. The number of nitrogens with one attached hydrogen (secondary N) is 2. The van der Waals surface area contributed by atoms with Crippen molar-refractivity contribution in [3.8, 4) is 0 Å². The van der Waals surface area contributed by atoms with Crippen molar-refractivity contribution >= 4 is 17.5 Å². The van der Waals surface area contributed by atoms with Gasteiger partial charge in [-0.3, -0.25) is 15.0 Å². The van der Waals surface area contributed by atoms with Gasteiger partial charge in [-0.25, -0.2) is 13.2 Å². The monoisotopic (exact) mass is 361 g/mol. The van der Waals surface area contributed by atoms with E-state index in [2.05, 4.69) is 10.6 Å². The molecule has 2 aliphatic rings. The molecule has 132 valence electrons. The summed E-state index contributed by atoms with van der Waals surface area (Å²) >= 11 is 5.72. The number of carbonyl (C=O) groups is 1. The van der Waals surface area contributed by atoms with Crippen LogP contribution in [0.15, 0.2) is 18.2 Å². The number of alkyl halides is 2. The molecule has 1 amide bonds. The zero-order valence-electron chi connectivity index (χ0n) is 13.2. The highest BCUT2D eigenvalue weighted by Gasteiger charge is 2.43. The van der Waals surface area contributed by atoms with Crippen LogP contribution in [0.25, 0.3) is 0 Å². The summed E-state index contributed by atoms with van der Waals surface area (Å²) in [6, 6.07) is 3.18. The third-order valence-electron chi connectivity index (χ3n) is 4.69. The molecule has 3 unspecified atom stereocenters. The van der Waals surface area contributed by atoms with Crippen LogP contribution in [0.2, 0.25) is 5.02 Å². The van der Waals surface area contributed by atoms with Crippen LogP contribution in [0.4, 0.5) is 13.2 Å². The number of hydrogen-bond acceptors (Lipinski definition) is 3. The van der Waals surface area contributed by atoms with Crippen molar-refractivity contribution in [2.45, 2.75) is 36.9 Å². The minimum absolute atomic E-state index is 0.0392. The van der Waals surface area contributed by atoms with Gasteiger partial charge >= 0.3 is 0 Å². The maximum Gasteiger partial charge on any atom is 0.262 e. The highest BCUT2D eigenvalue weighted by atomic mass is 35.5. The minimum Gasteiger partial charge on any atom is -0.350 e. The predicted molar refractivity (Wildman–Crippen MR) is 84.7 cm³/mol. The molecule has 0 aliphatic carbocycles. The number of hydrogen-bond donors (Lipinski definition) is 2. The Labute approximate surface area is 143 Å². The molecule has 2 saturated heterocycles. The van der Waals surface area contributed by atoms with Gasteiger partial charge in [-0.2, -0.15) is 0 Å². The number of likely N-dealkylation sites (tertiary alicyclic amines) is 1. The maximum absolute atomic E-state index is 13.7. The van der Waals surface area contributed by atoms with E-state index in [1.165, 1.54) is 12.1 Å². The van der Waals surface area contributed by atoms with Gasteiger partial charge in [0, 0.05) is 19.0 Å². The van der Waals surface area contributed by atoms with Gasteiger partial charge in [0.25, 0.3) is 5.92 Å². The number of halogens is 4. The molecule has 4 nitrogen and oxygen atoms in total. The Bertz CT molecular complexity index is 643. The summed E-state index contributed by atoms with van der Waals surface area (Å²) in [5, 5.41) is 5.43. The number of amides is 1. The van der Waals surface area contributed by atoms with Crippen LogP contribution in [0.1, 0.15) is 24.4 Å². The molecule has 2 heterocycles. The zero-order valence-corrected chi connectivity index (χ0v) is 13.9. The molecule has 2 aliphatic heterocycles. The van der Waals surface area contributed by atoms with Crippen LogP contribution >= 0.6 is 11.6 Å². The van der Waals surface area contributed by atoms with Crippen LogP contribution < -0.4 is 10.6 Å². The molecule has 0 aromatic heterocycles. The number of nitrogens with zero attached hydrogens (tertiary/aromatic N) is 1. The molecule has 0 radical (unpaired) electrons. The summed E-state index contributed by atoms with van der Waals surface area (Å²) in [6.07, 6.45) is 0.169. The minimum atomic E-state index is -2.85. The third kappa shape index (κ3) is 3.53. The molecule has 2 N–H and O–H groups in total.